The number of ether oxygens (including phenoxy) is 1. The number of rotatable bonds is 1. The minimum Gasteiger partial charge on any atom is -0.378 e. The summed E-state index contributed by atoms with van der Waals surface area (Å²) in [5.74, 6) is -1.09. The maximum atomic E-state index is 12.5. The fourth-order valence-corrected chi connectivity index (χ4v) is 3.83. The van der Waals surface area contributed by atoms with Crippen LogP contribution in [-0.2, 0) is 19.1 Å². The van der Waals surface area contributed by atoms with Crippen molar-refractivity contribution in [3.63, 3.8) is 0 Å². The zero-order chi connectivity index (χ0) is 17.5. The van der Waals surface area contributed by atoms with Gasteiger partial charge in [0.25, 0.3) is 0 Å². The molecule has 1 saturated carbocycles. The van der Waals surface area contributed by atoms with Gasteiger partial charge in [0.15, 0.2) is 0 Å². The highest BCUT2D eigenvalue weighted by Crippen LogP contribution is 2.64. The Balaban J connectivity index is 1.52. The van der Waals surface area contributed by atoms with Crippen LogP contribution in [0.3, 0.4) is 0 Å². The van der Waals surface area contributed by atoms with Crippen LogP contribution < -0.4 is 0 Å². The van der Waals surface area contributed by atoms with Crippen LogP contribution in [0.2, 0.25) is 0 Å². The van der Waals surface area contributed by atoms with Crippen molar-refractivity contribution >= 4 is 40.9 Å². The molecule has 1 aliphatic carbocycles. The van der Waals surface area contributed by atoms with E-state index in [0.717, 1.165) is 0 Å². The first-order valence-corrected chi connectivity index (χ1v) is 8.85. The van der Waals surface area contributed by atoms with Crippen molar-refractivity contribution in [1.29, 1.82) is 0 Å². The molecule has 3 rings (SSSR count). The van der Waals surface area contributed by atoms with Crippen LogP contribution in [-0.4, -0.2) is 89.2 Å². The number of nitrogens with zero attached hydrogens (tertiary/aromatic N) is 3. The maximum absolute atomic E-state index is 12.5. The van der Waals surface area contributed by atoms with Crippen molar-refractivity contribution in [2.45, 2.75) is 17.7 Å². The van der Waals surface area contributed by atoms with Crippen molar-refractivity contribution in [3.05, 3.63) is 0 Å². The van der Waals surface area contributed by atoms with Crippen LogP contribution in [0.15, 0.2) is 0 Å². The number of alkyl halides is 2. The molecule has 0 aromatic heterocycles. The van der Waals surface area contributed by atoms with Gasteiger partial charge in [-0.15, -0.1) is 23.2 Å². The SMILES string of the molecule is CC1(C(=O)N2CCN(C(=O)C(=O)N3CCOCC3)CC2)CC1(Cl)Cl. The molecule has 134 valence electrons. The largest absolute Gasteiger partial charge is 0.378 e. The van der Waals surface area contributed by atoms with Crippen molar-refractivity contribution in [3.8, 4) is 0 Å². The molecule has 1 unspecified atom stereocenters. The van der Waals surface area contributed by atoms with E-state index in [2.05, 4.69) is 0 Å². The van der Waals surface area contributed by atoms with Crippen LogP contribution >= 0.6 is 23.2 Å². The summed E-state index contributed by atoms with van der Waals surface area (Å²) in [6.07, 6.45) is 0.441. The molecule has 1 atom stereocenters. The number of carbonyl (C=O) groups is 3. The molecule has 7 nitrogen and oxygen atoms in total. The molecule has 24 heavy (non-hydrogen) atoms. The molecule has 2 aliphatic heterocycles. The topological polar surface area (TPSA) is 70.2 Å². The van der Waals surface area contributed by atoms with E-state index in [4.69, 9.17) is 27.9 Å². The Morgan fingerprint density at radius 3 is 1.71 bits per heavy atom. The smallest absolute Gasteiger partial charge is 0.312 e. The molecule has 0 aromatic carbocycles. The van der Waals surface area contributed by atoms with Gasteiger partial charge in [0.1, 0.15) is 4.33 Å². The Bertz CT molecular complexity index is 557. The standard InChI is InChI=1S/C15H21Cl2N3O4/c1-14(10-15(14,16)17)13(23)20-4-2-18(3-5-20)11(21)12(22)19-6-8-24-9-7-19/h2-10H2,1H3. The number of morpholine rings is 1. The van der Waals surface area contributed by atoms with E-state index >= 15 is 0 Å². The van der Waals surface area contributed by atoms with E-state index in [1.807, 2.05) is 0 Å². The third-order valence-electron chi connectivity index (χ3n) is 5.07. The lowest BCUT2D eigenvalue weighted by atomic mass is 10.1. The normalized spacial score (nSPS) is 29.4. The molecule has 9 heteroatoms. The van der Waals surface area contributed by atoms with Gasteiger partial charge >= 0.3 is 11.8 Å². The van der Waals surface area contributed by atoms with Crippen LogP contribution in [0, 0.1) is 5.41 Å². The molecule has 0 N–H and O–H groups in total. The van der Waals surface area contributed by atoms with Gasteiger partial charge in [-0.25, -0.2) is 0 Å². The van der Waals surface area contributed by atoms with Gasteiger partial charge in [0, 0.05) is 39.3 Å². The lowest BCUT2D eigenvalue weighted by Gasteiger charge is -2.37. The molecular formula is C15H21Cl2N3O4. The van der Waals surface area contributed by atoms with Crippen molar-refractivity contribution < 1.29 is 19.1 Å². The predicted molar refractivity (Wildman–Crippen MR) is 87.7 cm³/mol. The first kappa shape index (κ1) is 17.8. The van der Waals surface area contributed by atoms with Crippen molar-refractivity contribution in [2.24, 2.45) is 5.41 Å². The van der Waals surface area contributed by atoms with Gasteiger partial charge in [-0.3, -0.25) is 14.4 Å². The average molecular weight is 378 g/mol. The number of piperazine rings is 1. The number of hydrogen-bond donors (Lipinski definition) is 0. The zero-order valence-electron chi connectivity index (χ0n) is 13.6. The summed E-state index contributed by atoms with van der Waals surface area (Å²) in [5.41, 5.74) is -0.744. The summed E-state index contributed by atoms with van der Waals surface area (Å²) >= 11 is 12.1. The molecule has 2 heterocycles. The van der Waals surface area contributed by atoms with E-state index in [-0.39, 0.29) is 5.91 Å². The molecule has 0 aromatic rings. The molecule has 0 bridgehead atoms. The molecule has 0 spiro atoms. The van der Waals surface area contributed by atoms with Gasteiger partial charge in [0.05, 0.1) is 18.6 Å². The maximum Gasteiger partial charge on any atom is 0.312 e. The Morgan fingerprint density at radius 2 is 1.25 bits per heavy atom. The highest BCUT2D eigenvalue weighted by atomic mass is 35.5. The van der Waals surface area contributed by atoms with Gasteiger partial charge in [-0.2, -0.15) is 0 Å². The summed E-state index contributed by atoms with van der Waals surface area (Å²) in [6, 6.07) is 0. The lowest BCUT2D eigenvalue weighted by molar-refractivity contribution is -0.156. The lowest BCUT2D eigenvalue weighted by Crippen LogP contribution is -2.56. The quantitative estimate of drug-likeness (QED) is 0.480. The monoisotopic (exact) mass is 377 g/mol. The second kappa shape index (κ2) is 6.35. The third-order valence-corrected chi connectivity index (χ3v) is 6.17. The summed E-state index contributed by atoms with van der Waals surface area (Å²) in [5, 5.41) is 0. The summed E-state index contributed by atoms with van der Waals surface area (Å²) in [7, 11) is 0. The van der Waals surface area contributed by atoms with Crippen LogP contribution in [0.5, 0.6) is 0 Å². The Hall–Kier alpha value is -1.05. The molecule has 3 fully saturated rings. The molecule has 2 saturated heterocycles. The van der Waals surface area contributed by atoms with E-state index in [0.29, 0.717) is 58.9 Å². The number of hydrogen-bond acceptors (Lipinski definition) is 4. The Kier molecular flexibility index (Phi) is 4.70. The number of carbonyl (C=O) groups excluding carboxylic acids is 3. The van der Waals surface area contributed by atoms with Crippen LogP contribution in [0.25, 0.3) is 0 Å². The average Bonchev–Trinajstić information content (AvgIpc) is 3.13. The number of halogens is 2. The minimum absolute atomic E-state index is 0.0842. The summed E-state index contributed by atoms with van der Waals surface area (Å²) < 4.78 is 4.19. The highest BCUT2D eigenvalue weighted by molar-refractivity contribution is 6.53. The van der Waals surface area contributed by atoms with Crippen molar-refractivity contribution in [1.82, 2.24) is 14.7 Å². The first-order chi connectivity index (χ1) is 11.3. The van der Waals surface area contributed by atoms with Crippen LogP contribution in [0.1, 0.15) is 13.3 Å². The Morgan fingerprint density at radius 1 is 0.833 bits per heavy atom. The van der Waals surface area contributed by atoms with Crippen LogP contribution in [0.4, 0.5) is 0 Å². The van der Waals surface area contributed by atoms with Gasteiger partial charge < -0.3 is 19.4 Å². The van der Waals surface area contributed by atoms with E-state index in [1.54, 1.807) is 11.8 Å². The van der Waals surface area contributed by atoms with Gasteiger partial charge in [-0.1, -0.05) is 0 Å². The minimum atomic E-state index is -0.997. The second-order valence-electron chi connectivity index (χ2n) is 6.70. The molecule has 0 radical (unpaired) electrons. The van der Waals surface area contributed by atoms with E-state index in [1.165, 1.54) is 9.80 Å². The summed E-state index contributed by atoms with van der Waals surface area (Å²) in [6.45, 7) is 5.01. The highest BCUT2D eigenvalue weighted by Gasteiger charge is 2.68. The second-order valence-corrected chi connectivity index (χ2v) is 8.19. The van der Waals surface area contributed by atoms with Gasteiger partial charge in [0.2, 0.25) is 5.91 Å². The predicted octanol–water partition coefficient (Wildman–Crippen LogP) is 0.0999. The third kappa shape index (κ3) is 3.09. The van der Waals surface area contributed by atoms with Crippen molar-refractivity contribution in [2.75, 3.05) is 52.5 Å². The fraction of sp³-hybridized carbons (Fsp3) is 0.800. The van der Waals surface area contributed by atoms with E-state index < -0.39 is 21.6 Å². The molecule has 3 aliphatic rings. The first-order valence-electron chi connectivity index (χ1n) is 8.09. The van der Waals surface area contributed by atoms with Gasteiger partial charge in [-0.05, 0) is 13.3 Å². The fourth-order valence-electron chi connectivity index (χ4n) is 3.13. The van der Waals surface area contributed by atoms with E-state index in [9.17, 15) is 14.4 Å². The zero-order valence-corrected chi connectivity index (χ0v) is 15.1. The number of amides is 3. The summed E-state index contributed by atoms with van der Waals surface area (Å²) in [4.78, 5) is 41.8. The molecular weight excluding hydrogens is 357 g/mol. The Labute approximate surface area is 150 Å². The molecule has 3 amide bonds.